The van der Waals surface area contributed by atoms with Gasteiger partial charge in [0.25, 0.3) is 0 Å². The van der Waals surface area contributed by atoms with Crippen LogP contribution in [0.15, 0.2) is 53.0 Å². The number of nitrogens with two attached hydrogens (primary N) is 1. The van der Waals surface area contributed by atoms with Crippen molar-refractivity contribution in [1.29, 1.82) is 0 Å². The molecule has 1 aromatic heterocycles. The number of anilines is 1. The van der Waals surface area contributed by atoms with Gasteiger partial charge in [0, 0.05) is 21.6 Å². The van der Waals surface area contributed by atoms with Crippen molar-refractivity contribution in [3.63, 3.8) is 0 Å². The van der Waals surface area contributed by atoms with E-state index in [0.29, 0.717) is 5.88 Å². The molecule has 0 aliphatic heterocycles. The summed E-state index contributed by atoms with van der Waals surface area (Å²) in [6.07, 6.45) is 0. The van der Waals surface area contributed by atoms with Crippen LogP contribution in [0.2, 0.25) is 0 Å². The first-order chi connectivity index (χ1) is 9.61. The molecule has 20 heavy (non-hydrogen) atoms. The molecule has 100 valence electrons. The van der Waals surface area contributed by atoms with Crippen LogP contribution in [0.5, 0.6) is 11.6 Å². The number of pyridine rings is 1. The fourth-order valence-electron chi connectivity index (χ4n) is 2.02. The molecule has 0 amide bonds. The van der Waals surface area contributed by atoms with Gasteiger partial charge in [-0.3, -0.25) is 0 Å². The summed E-state index contributed by atoms with van der Waals surface area (Å²) in [6, 6.07) is 15.3. The third-order valence-electron chi connectivity index (χ3n) is 3.04. The zero-order chi connectivity index (χ0) is 14.1. The Morgan fingerprint density at radius 1 is 1.05 bits per heavy atom. The summed E-state index contributed by atoms with van der Waals surface area (Å²) in [6.45, 7) is 2.00. The first-order valence-corrected chi connectivity index (χ1v) is 7.01. The van der Waals surface area contributed by atoms with Gasteiger partial charge < -0.3 is 10.5 Å². The zero-order valence-corrected chi connectivity index (χ0v) is 12.5. The maximum atomic E-state index is 5.84. The van der Waals surface area contributed by atoms with Crippen molar-refractivity contribution in [3.05, 3.63) is 58.6 Å². The second kappa shape index (κ2) is 5.13. The average Bonchev–Trinajstić information content (AvgIpc) is 2.42. The molecule has 0 bridgehead atoms. The molecule has 0 radical (unpaired) electrons. The minimum absolute atomic E-state index is 0.577. The van der Waals surface area contributed by atoms with Crippen molar-refractivity contribution in [2.24, 2.45) is 0 Å². The molecule has 3 nitrogen and oxygen atoms in total. The minimum atomic E-state index is 0.577. The highest BCUT2D eigenvalue weighted by Crippen LogP contribution is 2.27. The largest absolute Gasteiger partial charge is 0.439 e. The van der Waals surface area contributed by atoms with Crippen LogP contribution < -0.4 is 10.5 Å². The fraction of sp³-hybridized carbons (Fsp3) is 0.0625. The Bertz CT molecular complexity index is 787. The number of rotatable bonds is 2. The molecule has 2 aromatic carbocycles. The van der Waals surface area contributed by atoms with Crippen LogP contribution in [0.25, 0.3) is 10.9 Å². The first-order valence-electron chi connectivity index (χ1n) is 6.22. The van der Waals surface area contributed by atoms with Crippen molar-refractivity contribution in [1.82, 2.24) is 4.98 Å². The molecular formula is C16H13BrN2O. The molecule has 3 rings (SSSR count). The van der Waals surface area contributed by atoms with Gasteiger partial charge in [-0.15, -0.1) is 0 Å². The van der Waals surface area contributed by atoms with Crippen LogP contribution in [0.1, 0.15) is 5.56 Å². The summed E-state index contributed by atoms with van der Waals surface area (Å²) in [4.78, 5) is 4.49. The van der Waals surface area contributed by atoms with E-state index < -0.39 is 0 Å². The molecule has 0 unspecified atom stereocenters. The van der Waals surface area contributed by atoms with Gasteiger partial charge in [0.1, 0.15) is 5.75 Å². The maximum absolute atomic E-state index is 5.84. The highest BCUT2D eigenvalue weighted by atomic mass is 79.9. The minimum Gasteiger partial charge on any atom is -0.439 e. The number of aryl methyl sites for hydroxylation is 1. The van der Waals surface area contributed by atoms with Gasteiger partial charge in [0.05, 0.1) is 5.52 Å². The number of hydrogen-bond acceptors (Lipinski definition) is 3. The summed E-state index contributed by atoms with van der Waals surface area (Å²) >= 11 is 3.44. The summed E-state index contributed by atoms with van der Waals surface area (Å²) < 4.78 is 6.87. The van der Waals surface area contributed by atoms with Gasteiger partial charge in [0.15, 0.2) is 0 Å². The van der Waals surface area contributed by atoms with Crippen LogP contribution in [-0.4, -0.2) is 4.98 Å². The molecule has 0 atom stereocenters. The Morgan fingerprint density at radius 2 is 1.90 bits per heavy atom. The Kier molecular flexibility index (Phi) is 3.32. The third kappa shape index (κ3) is 2.60. The first kappa shape index (κ1) is 12.9. The van der Waals surface area contributed by atoms with Gasteiger partial charge in [-0.25, -0.2) is 4.98 Å². The number of aromatic nitrogens is 1. The summed E-state index contributed by atoms with van der Waals surface area (Å²) in [5, 5.41) is 1.00. The number of fused-ring (bicyclic) bond motifs is 1. The Morgan fingerprint density at radius 3 is 2.70 bits per heavy atom. The van der Waals surface area contributed by atoms with E-state index in [1.54, 1.807) is 0 Å². The van der Waals surface area contributed by atoms with E-state index in [1.165, 1.54) is 0 Å². The summed E-state index contributed by atoms with van der Waals surface area (Å²) in [7, 11) is 0. The van der Waals surface area contributed by atoms with Gasteiger partial charge in [0.2, 0.25) is 5.88 Å². The van der Waals surface area contributed by atoms with E-state index in [0.717, 1.165) is 32.4 Å². The number of ether oxygens (including phenoxy) is 1. The maximum Gasteiger partial charge on any atom is 0.219 e. The van der Waals surface area contributed by atoms with Crippen molar-refractivity contribution in [2.75, 3.05) is 5.73 Å². The Balaban J connectivity index is 1.96. The SMILES string of the molecule is Cc1cc(Br)ccc1Oc1ccc2cc(N)ccc2n1. The van der Waals surface area contributed by atoms with E-state index in [-0.39, 0.29) is 0 Å². The fourth-order valence-corrected chi connectivity index (χ4v) is 2.50. The van der Waals surface area contributed by atoms with Gasteiger partial charge in [-0.1, -0.05) is 15.9 Å². The summed E-state index contributed by atoms with van der Waals surface area (Å²) in [5.74, 6) is 1.38. The van der Waals surface area contributed by atoms with Gasteiger partial charge >= 0.3 is 0 Å². The zero-order valence-electron chi connectivity index (χ0n) is 10.9. The van der Waals surface area contributed by atoms with E-state index >= 15 is 0 Å². The monoisotopic (exact) mass is 328 g/mol. The summed E-state index contributed by atoms with van der Waals surface area (Å²) in [5.41, 5.74) is 8.41. The normalized spacial score (nSPS) is 10.7. The third-order valence-corrected chi connectivity index (χ3v) is 3.53. The topological polar surface area (TPSA) is 48.1 Å². The highest BCUT2D eigenvalue weighted by molar-refractivity contribution is 9.10. The number of nitrogen functional groups attached to an aromatic ring is 1. The lowest BCUT2D eigenvalue weighted by atomic mass is 10.2. The predicted molar refractivity (Wildman–Crippen MR) is 85.1 cm³/mol. The number of benzene rings is 2. The molecule has 0 saturated heterocycles. The lowest BCUT2D eigenvalue weighted by Crippen LogP contribution is -1.91. The molecule has 0 aliphatic carbocycles. The van der Waals surface area contributed by atoms with Crippen molar-refractivity contribution in [3.8, 4) is 11.6 Å². The molecule has 3 aromatic rings. The smallest absolute Gasteiger partial charge is 0.219 e. The lowest BCUT2D eigenvalue weighted by Gasteiger charge is -2.09. The average molecular weight is 329 g/mol. The van der Waals surface area contributed by atoms with E-state index in [2.05, 4.69) is 20.9 Å². The lowest BCUT2D eigenvalue weighted by molar-refractivity contribution is 0.461. The van der Waals surface area contributed by atoms with E-state index in [1.807, 2.05) is 55.5 Å². The second-order valence-electron chi connectivity index (χ2n) is 4.61. The highest BCUT2D eigenvalue weighted by Gasteiger charge is 2.04. The van der Waals surface area contributed by atoms with Gasteiger partial charge in [-0.2, -0.15) is 0 Å². The standard InChI is InChI=1S/C16H13BrN2O/c1-10-8-12(17)3-6-15(10)20-16-7-2-11-9-13(18)4-5-14(11)19-16/h2-9H,18H2,1H3. The van der Waals surface area contributed by atoms with Crippen LogP contribution in [0.4, 0.5) is 5.69 Å². The molecule has 0 spiro atoms. The second-order valence-corrected chi connectivity index (χ2v) is 5.53. The number of nitrogens with zero attached hydrogens (tertiary/aromatic N) is 1. The van der Waals surface area contributed by atoms with E-state index in [4.69, 9.17) is 10.5 Å². The predicted octanol–water partition coefficient (Wildman–Crippen LogP) is 4.68. The van der Waals surface area contributed by atoms with Crippen LogP contribution in [-0.2, 0) is 0 Å². The molecule has 2 N–H and O–H groups in total. The number of halogens is 1. The molecular weight excluding hydrogens is 316 g/mol. The molecule has 4 heteroatoms. The molecule has 1 heterocycles. The van der Waals surface area contributed by atoms with E-state index in [9.17, 15) is 0 Å². The number of hydrogen-bond donors (Lipinski definition) is 1. The molecule has 0 fully saturated rings. The van der Waals surface area contributed by atoms with Crippen LogP contribution >= 0.6 is 15.9 Å². The van der Waals surface area contributed by atoms with Crippen LogP contribution in [0.3, 0.4) is 0 Å². The van der Waals surface area contributed by atoms with Crippen molar-refractivity contribution < 1.29 is 4.74 Å². The van der Waals surface area contributed by atoms with Crippen molar-refractivity contribution >= 4 is 32.5 Å². The van der Waals surface area contributed by atoms with Crippen molar-refractivity contribution in [2.45, 2.75) is 6.92 Å². The Hall–Kier alpha value is -2.07. The van der Waals surface area contributed by atoms with Crippen LogP contribution in [0, 0.1) is 6.92 Å². The quantitative estimate of drug-likeness (QED) is 0.695. The molecule has 0 saturated carbocycles. The Labute approximate surface area is 125 Å². The molecule has 0 aliphatic rings. The van der Waals surface area contributed by atoms with Gasteiger partial charge in [-0.05, 0) is 55.0 Å².